The fraction of sp³-hybridized carbons (Fsp3) is 0. The van der Waals surface area contributed by atoms with Crippen LogP contribution in [0.3, 0.4) is 0 Å². The molecule has 0 amide bonds. The summed E-state index contributed by atoms with van der Waals surface area (Å²) in [5, 5.41) is 8.83. The molecule has 0 spiro atoms. The Bertz CT molecular complexity index is 510. The van der Waals surface area contributed by atoms with Crippen molar-refractivity contribution >= 4 is 27.1 Å². The number of anilines is 1. The second-order valence-corrected chi connectivity index (χ2v) is 3.62. The Morgan fingerprint density at radius 3 is 2.92 bits per heavy atom. The van der Waals surface area contributed by atoms with E-state index in [1.807, 2.05) is 6.07 Å². The summed E-state index contributed by atoms with van der Waals surface area (Å²) in [5.74, 6) is 0. The zero-order valence-electron chi connectivity index (χ0n) is 6.54. The van der Waals surface area contributed by atoms with E-state index in [1.54, 1.807) is 18.2 Å². The number of thiophene rings is 1. The SMILES string of the molecule is N#Cc1c(F)sc2ccc(N)cc12. The highest BCUT2D eigenvalue weighted by Gasteiger charge is 2.10. The Kier molecular flexibility index (Phi) is 1.67. The maximum absolute atomic E-state index is 13.1. The van der Waals surface area contributed by atoms with Crippen LogP contribution in [0.25, 0.3) is 10.1 Å². The maximum atomic E-state index is 13.1. The summed E-state index contributed by atoms with van der Waals surface area (Å²) in [6.07, 6.45) is 0. The topological polar surface area (TPSA) is 49.8 Å². The zero-order valence-corrected chi connectivity index (χ0v) is 7.36. The lowest BCUT2D eigenvalue weighted by Gasteiger charge is -1.91. The molecule has 0 atom stereocenters. The molecule has 13 heavy (non-hydrogen) atoms. The van der Waals surface area contributed by atoms with Crippen LogP contribution in [0.2, 0.25) is 0 Å². The van der Waals surface area contributed by atoms with Crippen LogP contribution in [0.1, 0.15) is 5.56 Å². The third-order valence-corrected chi connectivity index (χ3v) is 2.74. The quantitative estimate of drug-likeness (QED) is 0.652. The van der Waals surface area contributed by atoms with E-state index in [4.69, 9.17) is 11.0 Å². The Morgan fingerprint density at radius 2 is 2.23 bits per heavy atom. The van der Waals surface area contributed by atoms with E-state index in [-0.39, 0.29) is 5.56 Å². The second-order valence-electron chi connectivity index (χ2n) is 2.62. The van der Waals surface area contributed by atoms with Crippen molar-refractivity contribution < 1.29 is 4.39 Å². The molecule has 4 heteroatoms. The van der Waals surface area contributed by atoms with Crippen LogP contribution in [-0.4, -0.2) is 0 Å². The fourth-order valence-electron chi connectivity index (χ4n) is 1.19. The van der Waals surface area contributed by atoms with Crippen LogP contribution in [0.5, 0.6) is 0 Å². The number of nitrogens with two attached hydrogens (primary N) is 1. The van der Waals surface area contributed by atoms with Gasteiger partial charge in [-0.3, -0.25) is 0 Å². The molecule has 0 saturated carbocycles. The summed E-state index contributed by atoms with van der Waals surface area (Å²) in [7, 11) is 0. The van der Waals surface area contributed by atoms with Crippen LogP contribution in [0, 0.1) is 16.5 Å². The van der Waals surface area contributed by atoms with E-state index in [9.17, 15) is 4.39 Å². The molecule has 0 saturated heterocycles. The molecule has 1 aromatic carbocycles. The third-order valence-electron chi connectivity index (χ3n) is 1.78. The fourth-order valence-corrected chi connectivity index (χ4v) is 2.05. The number of nitrogen functional groups attached to an aromatic ring is 1. The summed E-state index contributed by atoms with van der Waals surface area (Å²) in [4.78, 5) is 0. The molecule has 1 aromatic heterocycles. The normalized spacial score (nSPS) is 10.2. The standard InChI is InChI=1S/C9H5FN2S/c10-9-7(4-11)6-3-5(12)1-2-8(6)13-9/h1-3H,12H2. The smallest absolute Gasteiger partial charge is 0.195 e. The summed E-state index contributed by atoms with van der Waals surface area (Å²) >= 11 is 0.967. The van der Waals surface area contributed by atoms with Crippen LogP contribution < -0.4 is 5.73 Å². The summed E-state index contributed by atoms with van der Waals surface area (Å²) in [5.41, 5.74) is 6.16. The molecular formula is C9H5FN2S. The Morgan fingerprint density at radius 1 is 1.46 bits per heavy atom. The highest BCUT2D eigenvalue weighted by molar-refractivity contribution is 7.17. The number of fused-ring (bicyclic) bond motifs is 1. The van der Waals surface area contributed by atoms with Gasteiger partial charge in [0.25, 0.3) is 0 Å². The van der Waals surface area contributed by atoms with Crippen molar-refractivity contribution in [2.75, 3.05) is 5.73 Å². The minimum atomic E-state index is -0.442. The first kappa shape index (κ1) is 8.02. The van der Waals surface area contributed by atoms with Crippen molar-refractivity contribution in [1.29, 1.82) is 5.26 Å². The molecule has 2 aromatic rings. The van der Waals surface area contributed by atoms with Gasteiger partial charge in [0.1, 0.15) is 11.6 Å². The molecule has 2 N–H and O–H groups in total. The molecule has 0 aliphatic heterocycles. The van der Waals surface area contributed by atoms with Gasteiger partial charge in [-0.25, -0.2) is 0 Å². The first-order valence-electron chi connectivity index (χ1n) is 3.60. The summed E-state index contributed by atoms with van der Waals surface area (Å²) < 4.78 is 13.8. The van der Waals surface area contributed by atoms with Crippen molar-refractivity contribution in [1.82, 2.24) is 0 Å². The van der Waals surface area contributed by atoms with Gasteiger partial charge in [0, 0.05) is 15.8 Å². The number of halogens is 1. The maximum Gasteiger partial charge on any atom is 0.195 e. The molecule has 0 aliphatic carbocycles. The van der Waals surface area contributed by atoms with Crippen LogP contribution >= 0.6 is 11.3 Å². The van der Waals surface area contributed by atoms with Gasteiger partial charge in [0.2, 0.25) is 0 Å². The van der Waals surface area contributed by atoms with Gasteiger partial charge in [-0.15, -0.1) is 11.3 Å². The molecule has 0 fully saturated rings. The van der Waals surface area contributed by atoms with Gasteiger partial charge < -0.3 is 5.73 Å². The van der Waals surface area contributed by atoms with E-state index < -0.39 is 5.13 Å². The molecule has 64 valence electrons. The van der Waals surface area contributed by atoms with E-state index in [0.29, 0.717) is 11.1 Å². The first-order valence-corrected chi connectivity index (χ1v) is 4.41. The van der Waals surface area contributed by atoms with E-state index >= 15 is 0 Å². The lowest BCUT2D eigenvalue weighted by Crippen LogP contribution is -1.82. The Hall–Kier alpha value is -1.60. The number of hydrogen-bond acceptors (Lipinski definition) is 3. The van der Waals surface area contributed by atoms with Crippen molar-refractivity contribution in [2.45, 2.75) is 0 Å². The average molecular weight is 192 g/mol. The third kappa shape index (κ3) is 1.14. The molecular weight excluding hydrogens is 187 g/mol. The minimum Gasteiger partial charge on any atom is -0.399 e. The number of benzene rings is 1. The molecule has 0 aliphatic rings. The van der Waals surface area contributed by atoms with Crippen molar-refractivity contribution in [2.24, 2.45) is 0 Å². The van der Waals surface area contributed by atoms with Gasteiger partial charge >= 0.3 is 0 Å². The van der Waals surface area contributed by atoms with Gasteiger partial charge in [-0.05, 0) is 18.2 Å². The van der Waals surface area contributed by atoms with Crippen LogP contribution in [-0.2, 0) is 0 Å². The second kappa shape index (κ2) is 2.71. The molecule has 1 heterocycles. The van der Waals surface area contributed by atoms with E-state index in [0.717, 1.165) is 16.0 Å². The predicted octanol–water partition coefficient (Wildman–Crippen LogP) is 2.49. The molecule has 0 bridgehead atoms. The molecule has 2 nitrogen and oxygen atoms in total. The highest BCUT2D eigenvalue weighted by Crippen LogP contribution is 2.30. The van der Waals surface area contributed by atoms with Gasteiger partial charge in [0.15, 0.2) is 5.13 Å². The highest BCUT2D eigenvalue weighted by atomic mass is 32.1. The zero-order chi connectivity index (χ0) is 9.42. The number of nitriles is 1. The first-order chi connectivity index (χ1) is 6.22. The number of rotatable bonds is 0. The Labute approximate surface area is 78.0 Å². The Balaban J connectivity index is 2.91. The van der Waals surface area contributed by atoms with Crippen molar-refractivity contribution in [3.05, 3.63) is 28.9 Å². The summed E-state index contributed by atoms with van der Waals surface area (Å²) in [6.45, 7) is 0. The molecule has 2 rings (SSSR count). The summed E-state index contributed by atoms with van der Waals surface area (Å²) in [6, 6.07) is 6.86. The average Bonchev–Trinajstić information content (AvgIpc) is 2.40. The van der Waals surface area contributed by atoms with Gasteiger partial charge in [-0.1, -0.05) is 0 Å². The lowest BCUT2D eigenvalue weighted by molar-refractivity contribution is 0.655. The van der Waals surface area contributed by atoms with E-state index in [1.165, 1.54) is 0 Å². The van der Waals surface area contributed by atoms with Gasteiger partial charge in [-0.2, -0.15) is 9.65 Å². The van der Waals surface area contributed by atoms with E-state index in [2.05, 4.69) is 0 Å². The van der Waals surface area contributed by atoms with Crippen molar-refractivity contribution in [3.8, 4) is 6.07 Å². The monoisotopic (exact) mass is 192 g/mol. The van der Waals surface area contributed by atoms with Gasteiger partial charge in [0.05, 0.1) is 0 Å². The molecule has 0 unspecified atom stereocenters. The number of hydrogen-bond donors (Lipinski definition) is 1. The molecule has 0 radical (unpaired) electrons. The van der Waals surface area contributed by atoms with Crippen molar-refractivity contribution in [3.63, 3.8) is 0 Å². The lowest BCUT2D eigenvalue weighted by atomic mass is 10.2. The predicted molar refractivity (Wildman–Crippen MR) is 50.9 cm³/mol. The minimum absolute atomic E-state index is 0.0901. The van der Waals surface area contributed by atoms with Crippen LogP contribution in [0.15, 0.2) is 18.2 Å². The number of nitrogens with zero attached hydrogens (tertiary/aromatic N) is 1. The van der Waals surface area contributed by atoms with Crippen LogP contribution in [0.4, 0.5) is 10.1 Å². The largest absolute Gasteiger partial charge is 0.399 e.